The lowest BCUT2D eigenvalue weighted by Crippen LogP contribution is -2.50. The van der Waals surface area contributed by atoms with E-state index in [0.29, 0.717) is 50.1 Å². The van der Waals surface area contributed by atoms with Gasteiger partial charge in [0.1, 0.15) is 5.75 Å². The number of carbonyl (C=O) groups is 2. The van der Waals surface area contributed by atoms with Gasteiger partial charge in [0.25, 0.3) is 5.91 Å². The van der Waals surface area contributed by atoms with E-state index in [2.05, 4.69) is 20.9 Å². The van der Waals surface area contributed by atoms with E-state index in [1.165, 1.54) is 0 Å². The molecule has 1 aromatic rings. The van der Waals surface area contributed by atoms with Crippen LogP contribution in [0.4, 0.5) is 4.79 Å². The SMILES string of the molecule is CCNC(=NCCNC(=O)c1ccc(OC)cc1)NC1CCN(C(=O)OCC)CC1.I. The molecule has 0 aliphatic carbocycles. The zero-order chi connectivity index (χ0) is 21.8. The summed E-state index contributed by atoms with van der Waals surface area (Å²) in [7, 11) is 1.59. The van der Waals surface area contributed by atoms with Crippen LogP contribution < -0.4 is 20.7 Å². The highest BCUT2D eigenvalue weighted by Gasteiger charge is 2.24. The highest BCUT2D eigenvalue weighted by Crippen LogP contribution is 2.12. The third-order valence-corrected chi connectivity index (χ3v) is 4.73. The number of piperidine rings is 1. The highest BCUT2D eigenvalue weighted by atomic mass is 127. The molecule has 10 heteroatoms. The van der Waals surface area contributed by atoms with Crippen LogP contribution in [0.5, 0.6) is 5.75 Å². The fraction of sp³-hybridized carbons (Fsp3) is 0.571. The maximum Gasteiger partial charge on any atom is 0.409 e. The predicted molar refractivity (Wildman–Crippen MR) is 131 cm³/mol. The fourth-order valence-corrected chi connectivity index (χ4v) is 3.12. The van der Waals surface area contributed by atoms with Gasteiger partial charge in [0, 0.05) is 37.8 Å². The van der Waals surface area contributed by atoms with Crippen molar-refractivity contribution < 1.29 is 19.1 Å². The van der Waals surface area contributed by atoms with Gasteiger partial charge in [-0.25, -0.2) is 4.79 Å². The number of nitrogens with zero attached hydrogens (tertiary/aromatic N) is 2. The number of benzene rings is 1. The second-order valence-corrected chi connectivity index (χ2v) is 6.85. The quantitative estimate of drug-likeness (QED) is 0.200. The topological polar surface area (TPSA) is 104 Å². The van der Waals surface area contributed by atoms with Gasteiger partial charge in [-0.15, -0.1) is 24.0 Å². The summed E-state index contributed by atoms with van der Waals surface area (Å²) in [4.78, 5) is 30.3. The van der Waals surface area contributed by atoms with Crippen molar-refractivity contribution in [2.75, 3.05) is 46.4 Å². The Balaban J connectivity index is 0.00000480. The summed E-state index contributed by atoms with van der Waals surface area (Å²) >= 11 is 0. The number of amides is 2. The molecule has 0 saturated carbocycles. The number of nitrogens with one attached hydrogen (secondary N) is 3. The van der Waals surface area contributed by atoms with Gasteiger partial charge in [0.15, 0.2) is 5.96 Å². The molecule has 9 nitrogen and oxygen atoms in total. The standard InChI is InChI=1S/C21H33N5O4.HI/c1-4-22-20(25-17-10-14-26(15-11-17)21(28)30-5-2)24-13-12-23-19(27)16-6-8-18(29-3)9-7-16;/h6-9,17H,4-5,10-15H2,1-3H3,(H,23,27)(H2,22,24,25);1H. The minimum Gasteiger partial charge on any atom is -0.497 e. The second kappa shape index (κ2) is 14.7. The van der Waals surface area contributed by atoms with E-state index in [-0.39, 0.29) is 42.0 Å². The lowest BCUT2D eigenvalue weighted by Gasteiger charge is -2.32. The van der Waals surface area contributed by atoms with Crippen LogP contribution in [0.25, 0.3) is 0 Å². The number of likely N-dealkylation sites (tertiary alicyclic amines) is 1. The van der Waals surface area contributed by atoms with Crippen LogP contribution >= 0.6 is 24.0 Å². The van der Waals surface area contributed by atoms with Gasteiger partial charge in [0.05, 0.1) is 20.3 Å². The smallest absolute Gasteiger partial charge is 0.409 e. The van der Waals surface area contributed by atoms with Crippen molar-refractivity contribution >= 4 is 41.9 Å². The summed E-state index contributed by atoms with van der Waals surface area (Å²) in [6.45, 7) is 7.16. The summed E-state index contributed by atoms with van der Waals surface area (Å²) in [6, 6.07) is 7.21. The summed E-state index contributed by atoms with van der Waals surface area (Å²) in [5.74, 6) is 1.29. The van der Waals surface area contributed by atoms with Gasteiger partial charge in [-0.05, 0) is 51.0 Å². The Morgan fingerprint density at radius 2 is 1.81 bits per heavy atom. The number of carbonyl (C=O) groups excluding carboxylic acids is 2. The van der Waals surface area contributed by atoms with Crippen LogP contribution in [0.1, 0.15) is 37.0 Å². The summed E-state index contributed by atoms with van der Waals surface area (Å²) < 4.78 is 10.2. The zero-order valence-electron chi connectivity index (χ0n) is 18.5. The summed E-state index contributed by atoms with van der Waals surface area (Å²) in [5.41, 5.74) is 0.582. The Morgan fingerprint density at radius 1 is 1.13 bits per heavy atom. The first-order chi connectivity index (χ1) is 14.6. The van der Waals surface area contributed by atoms with Crippen molar-refractivity contribution in [1.82, 2.24) is 20.9 Å². The molecule has 0 atom stereocenters. The molecule has 1 aromatic carbocycles. The van der Waals surface area contributed by atoms with E-state index in [1.54, 1.807) is 36.3 Å². The van der Waals surface area contributed by atoms with Crippen LogP contribution in [0.3, 0.4) is 0 Å². The minimum atomic E-state index is -0.246. The molecular weight excluding hydrogens is 513 g/mol. The third-order valence-electron chi connectivity index (χ3n) is 4.73. The molecule has 1 saturated heterocycles. The molecule has 0 radical (unpaired) electrons. The molecule has 1 aliphatic heterocycles. The Bertz CT molecular complexity index is 706. The maximum absolute atomic E-state index is 12.2. The van der Waals surface area contributed by atoms with Crippen molar-refractivity contribution in [3.63, 3.8) is 0 Å². The van der Waals surface area contributed by atoms with Crippen LogP contribution in [-0.2, 0) is 4.74 Å². The van der Waals surface area contributed by atoms with Crippen molar-refractivity contribution in [3.05, 3.63) is 29.8 Å². The molecule has 1 aliphatic rings. The van der Waals surface area contributed by atoms with Gasteiger partial charge in [-0.1, -0.05) is 0 Å². The number of aliphatic imine (C=N–C) groups is 1. The lowest BCUT2D eigenvalue weighted by atomic mass is 10.1. The molecule has 2 rings (SSSR count). The molecule has 3 N–H and O–H groups in total. The van der Waals surface area contributed by atoms with Crippen molar-refractivity contribution in [3.8, 4) is 5.75 Å². The average molecular weight is 547 g/mol. The number of ether oxygens (including phenoxy) is 2. The predicted octanol–water partition coefficient (Wildman–Crippen LogP) is 2.22. The van der Waals surface area contributed by atoms with Gasteiger partial charge in [-0.3, -0.25) is 9.79 Å². The van der Waals surface area contributed by atoms with Crippen molar-refractivity contribution in [1.29, 1.82) is 0 Å². The molecular formula is C21H34IN5O4. The van der Waals surface area contributed by atoms with Crippen molar-refractivity contribution in [2.45, 2.75) is 32.7 Å². The minimum absolute atomic E-state index is 0. The molecule has 174 valence electrons. The number of guanidine groups is 1. The summed E-state index contributed by atoms with van der Waals surface area (Å²) in [6.07, 6.45) is 1.42. The third kappa shape index (κ3) is 9.19. The number of hydrogen-bond acceptors (Lipinski definition) is 5. The monoisotopic (exact) mass is 547 g/mol. The molecule has 1 heterocycles. The van der Waals surface area contributed by atoms with Gasteiger partial charge >= 0.3 is 6.09 Å². The largest absolute Gasteiger partial charge is 0.497 e. The van der Waals surface area contributed by atoms with Gasteiger partial charge < -0.3 is 30.3 Å². The van der Waals surface area contributed by atoms with Gasteiger partial charge in [0.2, 0.25) is 0 Å². The molecule has 1 fully saturated rings. The molecule has 0 bridgehead atoms. The Kier molecular flexibility index (Phi) is 12.7. The number of methoxy groups -OCH3 is 1. The van der Waals surface area contributed by atoms with Crippen molar-refractivity contribution in [2.24, 2.45) is 4.99 Å². The molecule has 2 amide bonds. The Morgan fingerprint density at radius 3 is 2.39 bits per heavy atom. The fourth-order valence-electron chi connectivity index (χ4n) is 3.12. The normalized spacial score (nSPS) is 14.3. The molecule has 0 spiro atoms. The number of hydrogen-bond donors (Lipinski definition) is 3. The van der Waals surface area contributed by atoms with Crippen LogP contribution in [0.15, 0.2) is 29.3 Å². The number of halogens is 1. The van der Waals surface area contributed by atoms with Crippen LogP contribution in [-0.4, -0.2) is 75.3 Å². The van der Waals surface area contributed by atoms with E-state index in [0.717, 1.165) is 19.4 Å². The Hall–Kier alpha value is -2.24. The van der Waals surface area contributed by atoms with Crippen LogP contribution in [0.2, 0.25) is 0 Å². The zero-order valence-corrected chi connectivity index (χ0v) is 20.8. The lowest BCUT2D eigenvalue weighted by molar-refractivity contribution is 0.0948. The average Bonchev–Trinajstić information content (AvgIpc) is 2.77. The molecule has 0 unspecified atom stereocenters. The number of rotatable bonds is 8. The first kappa shape index (κ1) is 26.8. The second-order valence-electron chi connectivity index (χ2n) is 6.85. The first-order valence-corrected chi connectivity index (χ1v) is 10.5. The molecule has 0 aromatic heterocycles. The van der Waals surface area contributed by atoms with E-state index in [4.69, 9.17) is 9.47 Å². The Labute approximate surface area is 201 Å². The summed E-state index contributed by atoms with van der Waals surface area (Å²) in [5, 5.41) is 9.51. The first-order valence-electron chi connectivity index (χ1n) is 10.5. The molecule has 31 heavy (non-hydrogen) atoms. The van der Waals surface area contributed by atoms with E-state index >= 15 is 0 Å². The van der Waals surface area contributed by atoms with E-state index in [9.17, 15) is 9.59 Å². The van der Waals surface area contributed by atoms with Gasteiger partial charge in [-0.2, -0.15) is 0 Å². The van der Waals surface area contributed by atoms with Crippen LogP contribution in [0, 0.1) is 0 Å². The van der Waals surface area contributed by atoms with E-state index < -0.39 is 0 Å². The van der Waals surface area contributed by atoms with E-state index in [1.807, 2.05) is 13.8 Å². The maximum atomic E-state index is 12.2. The highest BCUT2D eigenvalue weighted by molar-refractivity contribution is 14.0.